The Morgan fingerprint density at radius 1 is 1.07 bits per heavy atom. The average molecular weight is 435 g/mol. The lowest BCUT2D eigenvalue weighted by Crippen LogP contribution is -2.50. The van der Waals surface area contributed by atoms with Crippen LogP contribution in [0.15, 0.2) is 53.7 Å². The highest BCUT2D eigenvalue weighted by molar-refractivity contribution is 7.89. The standard InChI is InChI=1S/C20H26N4O5S/c1-14(2)18(24-30(27,28)17-8-6-16(29-3)7-9-17)20(26)23-12-11-22-19(25)15-5-4-10-21-13-15/h4-10,13-14,18,24H,11-12H2,1-3H3,(H,22,25)(H,23,26)/t18-/m0/s1. The highest BCUT2D eigenvalue weighted by Gasteiger charge is 2.28. The molecule has 10 heteroatoms. The maximum atomic E-state index is 12.6. The molecule has 9 nitrogen and oxygen atoms in total. The number of pyridine rings is 1. The zero-order chi connectivity index (χ0) is 22.1. The van der Waals surface area contributed by atoms with E-state index in [0.29, 0.717) is 11.3 Å². The molecular weight excluding hydrogens is 408 g/mol. The average Bonchev–Trinajstić information content (AvgIpc) is 2.75. The van der Waals surface area contributed by atoms with Crippen molar-refractivity contribution in [1.82, 2.24) is 20.3 Å². The predicted molar refractivity (Wildman–Crippen MR) is 112 cm³/mol. The first-order valence-electron chi connectivity index (χ1n) is 9.37. The summed E-state index contributed by atoms with van der Waals surface area (Å²) in [4.78, 5) is 28.4. The summed E-state index contributed by atoms with van der Waals surface area (Å²) in [6, 6.07) is 8.19. The van der Waals surface area contributed by atoms with Crippen LogP contribution < -0.4 is 20.1 Å². The first kappa shape index (κ1) is 23.3. The Balaban J connectivity index is 1.91. The zero-order valence-electron chi connectivity index (χ0n) is 17.1. The van der Waals surface area contributed by atoms with E-state index < -0.39 is 22.0 Å². The number of benzene rings is 1. The number of carbonyl (C=O) groups is 2. The highest BCUT2D eigenvalue weighted by Crippen LogP contribution is 2.16. The van der Waals surface area contributed by atoms with Gasteiger partial charge in [0.1, 0.15) is 11.8 Å². The molecule has 30 heavy (non-hydrogen) atoms. The minimum atomic E-state index is -3.90. The molecule has 0 bridgehead atoms. The quantitative estimate of drug-likeness (QED) is 0.478. The molecule has 0 unspecified atom stereocenters. The number of hydrogen-bond acceptors (Lipinski definition) is 6. The molecule has 1 aromatic carbocycles. The van der Waals surface area contributed by atoms with Gasteiger partial charge in [0, 0.05) is 25.5 Å². The molecule has 0 aliphatic rings. The van der Waals surface area contributed by atoms with Gasteiger partial charge in [-0.15, -0.1) is 0 Å². The number of carbonyl (C=O) groups excluding carboxylic acids is 2. The van der Waals surface area contributed by atoms with Gasteiger partial charge in [-0.05, 0) is 42.3 Å². The van der Waals surface area contributed by atoms with Crippen LogP contribution >= 0.6 is 0 Å². The number of ether oxygens (including phenoxy) is 1. The van der Waals surface area contributed by atoms with E-state index in [-0.39, 0.29) is 29.8 Å². The third-order valence-electron chi connectivity index (χ3n) is 4.23. The van der Waals surface area contributed by atoms with Crippen LogP contribution in [0.3, 0.4) is 0 Å². The summed E-state index contributed by atoms with van der Waals surface area (Å²) in [5.74, 6) is -0.542. The minimum Gasteiger partial charge on any atom is -0.497 e. The molecule has 3 N–H and O–H groups in total. The zero-order valence-corrected chi connectivity index (χ0v) is 17.9. The van der Waals surface area contributed by atoms with Crippen LogP contribution in [0, 0.1) is 5.92 Å². The van der Waals surface area contributed by atoms with Crippen molar-refractivity contribution >= 4 is 21.8 Å². The number of nitrogens with zero attached hydrogens (tertiary/aromatic N) is 1. The largest absolute Gasteiger partial charge is 0.497 e. The predicted octanol–water partition coefficient (Wildman–Crippen LogP) is 0.939. The second-order valence-electron chi connectivity index (χ2n) is 6.81. The Hall–Kier alpha value is -2.98. The van der Waals surface area contributed by atoms with Crippen molar-refractivity contribution in [3.8, 4) is 5.75 Å². The monoisotopic (exact) mass is 434 g/mol. The normalized spacial score (nSPS) is 12.3. The Morgan fingerprint density at radius 2 is 1.73 bits per heavy atom. The van der Waals surface area contributed by atoms with Gasteiger partial charge < -0.3 is 15.4 Å². The smallest absolute Gasteiger partial charge is 0.252 e. The van der Waals surface area contributed by atoms with E-state index in [4.69, 9.17) is 4.74 Å². The van der Waals surface area contributed by atoms with Gasteiger partial charge in [0.15, 0.2) is 0 Å². The molecule has 0 saturated carbocycles. The van der Waals surface area contributed by atoms with Crippen molar-refractivity contribution in [2.75, 3.05) is 20.2 Å². The van der Waals surface area contributed by atoms with Crippen molar-refractivity contribution in [1.29, 1.82) is 0 Å². The summed E-state index contributed by atoms with van der Waals surface area (Å²) in [6.07, 6.45) is 3.01. The van der Waals surface area contributed by atoms with E-state index in [0.717, 1.165) is 0 Å². The van der Waals surface area contributed by atoms with E-state index in [1.807, 2.05) is 0 Å². The van der Waals surface area contributed by atoms with Crippen molar-refractivity contribution < 1.29 is 22.7 Å². The Kier molecular flexibility index (Phi) is 8.31. The summed E-state index contributed by atoms with van der Waals surface area (Å²) in [7, 11) is -2.41. The van der Waals surface area contributed by atoms with Crippen LogP contribution in [0.25, 0.3) is 0 Å². The fourth-order valence-corrected chi connectivity index (χ4v) is 3.90. The SMILES string of the molecule is COc1ccc(S(=O)(=O)N[C@H](C(=O)NCCNC(=O)c2cccnc2)C(C)C)cc1. The van der Waals surface area contributed by atoms with Gasteiger partial charge in [-0.25, -0.2) is 8.42 Å². The van der Waals surface area contributed by atoms with E-state index in [1.165, 1.54) is 37.6 Å². The van der Waals surface area contributed by atoms with Crippen molar-refractivity contribution in [2.45, 2.75) is 24.8 Å². The Bertz CT molecular complexity index is 947. The van der Waals surface area contributed by atoms with Crippen LogP contribution in [0.1, 0.15) is 24.2 Å². The lowest BCUT2D eigenvalue weighted by Gasteiger charge is -2.21. The number of sulfonamides is 1. The molecule has 0 aliphatic carbocycles. The molecule has 2 aromatic rings. The Labute approximate surface area is 176 Å². The number of amides is 2. The van der Waals surface area contributed by atoms with Gasteiger partial charge in [0.25, 0.3) is 5.91 Å². The van der Waals surface area contributed by atoms with Gasteiger partial charge in [0.05, 0.1) is 17.6 Å². The molecule has 0 aliphatic heterocycles. The third kappa shape index (κ3) is 6.53. The second-order valence-corrected chi connectivity index (χ2v) is 8.52. The molecule has 0 saturated heterocycles. The van der Waals surface area contributed by atoms with Crippen LogP contribution in [0.2, 0.25) is 0 Å². The van der Waals surface area contributed by atoms with Crippen LogP contribution in [0.5, 0.6) is 5.75 Å². The van der Waals surface area contributed by atoms with Crippen molar-refractivity contribution in [3.63, 3.8) is 0 Å². The van der Waals surface area contributed by atoms with Crippen LogP contribution in [0.4, 0.5) is 0 Å². The topological polar surface area (TPSA) is 126 Å². The van der Waals surface area contributed by atoms with Crippen LogP contribution in [-0.4, -0.2) is 51.5 Å². The number of aromatic nitrogens is 1. The summed E-state index contributed by atoms with van der Waals surface area (Å²) >= 11 is 0. The number of methoxy groups -OCH3 is 1. The van der Waals surface area contributed by atoms with E-state index >= 15 is 0 Å². The first-order chi connectivity index (χ1) is 14.2. The molecular formula is C20H26N4O5S. The van der Waals surface area contributed by atoms with E-state index in [2.05, 4.69) is 20.3 Å². The molecule has 0 fully saturated rings. The fraction of sp³-hybridized carbons (Fsp3) is 0.350. The summed E-state index contributed by atoms with van der Waals surface area (Å²) in [5, 5.41) is 5.31. The molecule has 0 spiro atoms. The molecule has 1 heterocycles. The summed E-state index contributed by atoms with van der Waals surface area (Å²) in [6.45, 7) is 3.82. The van der Waals surface area contributed by atoms with E-state index in [1.54, 1.807) is 32.2 Å². The van der Waals surface area contributed by atoms with E-state index in [9.17, 15) is 18.0 Å². The van der Waals surface area contributed by atoms with Crippen molar-refractivity contribution in [3.05, 3.63) is 54.4 Å². The number of rotatable bonds is 10. The van der Waals surface area contributed by atoms with Gasteiger partial charge in [-0.1, -0.05) is 13.8 Å². The van der Waals surface area contributed by atoms with Crippen molar-refractivity contribution in [2.24, 2.45) is 5.92 Å². The number of nitrogens with one attached hydrogen (secondary N) is 3. The maximum absolute atomic E-state index is 12.6. The summed E-state index contributed by atoms with van der Waals surface area (Å²) < 4.78 is 32.7. The molecule has 162 valence electrons. The van der Waals surface area contributed by atoms with Gasteiger partial charge >= 0.3 is 0 Å². The highest BCUT2D eigenvalue weighted by atomic mass is 32.2. The third-order valence-corrected chi connectivity index (χ3v) is 5.69. The first-order valence-corrected chi connectivity index (χ1v) is 10.8. The van der Waals surface area contributed by atoms with Gasteiger partial charge in [-0.2, -0.15) is 4.72 Å². The second kappa shape index (κ2) is 10.7. The Morgan fingerprint density at radius 3 is 2.30 bits per heavy atom. The molecule has 2 rings (SSSR count). The lowest BCUT2D eigenvalue weighted by atomic mass is 10.1. The maximum Gasteiger partial charge on any atom is 0.252 e. The molecule has 2 amide bonds. The summed E-state index contributed by atoms with van der Waals surface area (Å²) in [5.41, 5.74) is 0.413. The molecule has 1 atom stereocenters. The fourth-order valence-electron chi connectivity index (χ4n) is 2.55. The van der Waals surface area contributed by atoms with Crippen LogP contribution in [-0.2, 0) is 14.8 Å². The van der Waals surface area contributed by atoms with Gasteiger partial charge in [-0.3, -0.25) is 14.6 Å². The number of hydrogen-bond donors (Lipinski definition) is 3. The lowest BCUT2D eigenvalue weighted by molar-refractivity contribution is -0.123. The molecule has 0 radical (unpaired) electrons. The molecule has 1 aromatic heterocycles. The minimum absolute atomic E-state index is 0.0329. The van der Waals surface area contributed by atoms with Gasteiger partial charge in [0.2, 0.25) is 15.9 Å².